The molecule has 0 spiro atoms. The quantitative estimate of drug-likeness (QED) is 0.286. The Bertz CT molecular complexity index is 1270. The number of benzene rings is 2. The summed E-state index contributed by atoms with van der Waals surface area (Å²) in [5.74, 6) is -0.626. The number of aromatic nitrogens is 2. The van der Waals surface area contributed by atoms with Gasteiger partial charge in [0, 0.05) is 29.2 Å². The van der Waals surface area contributed by atoms with E-state index < -0.39 is 5.25 Å². The van der Waals surface area contributed by atoms with Gasteiger partial charge < -0.3 is 10.6 Å². The second-order valence-electron chi connectivity index (χ2n) is 7.02. The predicted molar refractivity (Wildman–Crippen MR) is 128 cm³/mol. The minimum absolute atomic E-state index is 0.156. The lowest BCUT2D eigenvalue weighted by molar-refractivity contribution is -0.115. The largest absolute Gasteiger partial charge is 0.326 e. The Morgan fingerprint density at radius 3 is 2.31 bits per heavy atom. The molecular weight excluding hydrogens is 447 g/mol. The summed E-state index contributed by atoms with van der Waals surface area (Å²) in [6, 6.07) is 13.2. The normalized spacial score (nSPS) is 11.8. The molecule has 1 atom stereocenters. The smallest absolute Gasteiger partial charge is 0.237 e. The lowest BCUT2D eigenvalue weighted by Crippen LogP contribution is -2.22. The number of hydrogen-bond donors (Lipinski definition) is 2. The zero-order chi connectivity index (χ0) is 22.7. The van der Waals surface area contributed by atoms with Crippen molar-refractivity contribution in [2.75, 3.05) is 10.6 Å². The van der Waals surface area contributed by atoms with E-state index in [9.17, 15) is 14.0 Å². The van der Waals surface area contributed by atoms with Gasteiger partial charge in [0.25, 0.3) is 0 Å². The summed E-state index contributed by atoms with van der Waals surface area (Å²) in [4.78, 5) is 33.5. The number of halogens is 1. The molecule has 0 bridgehead atoms. The van der Waals surface area contributed by atoms with Crippen LogP contribution in [0.5, 0.6) is 0 Å². The first kappa shape index (κ1) is 21.9. The van der Waals surface area contributed by atoms with E-state index in [-0.39, 0.29) is 17.6 Å². The van der Waals surface area contributed by atoms with E-state index in [1.807, 2.05) is 12.3 Å². The fourth-order valence-corrected chi connectivity index (χ4v) is 5.00. The topological polar surface area (TPSA) is 84.0 Å². The number of anilines is 2. The van der Waals surface area contributed by atoms with Crippen LogP contribution in [0, 0.1) is 5.82 Å². The van der Waals surface area contributed by atoms with Gasteiger partial charge in [-0.3, -0.25) is 9.59 Å². The number of carbonyl (C=O) groups excluding carboxylic acids is 2. The monoisotopic (exact) mass is 466 g/mol. The molecule has 0 aliphatic rings. The number of carbonyl (C=O) groups is 2. The summed E-state index contributed by atoms with van der Waals surface area (Å²) in [5, 5.41) is 8.66. The fourth-order valence-electron chi connectivity index (χ4n) is 3.08. The van der Waals surface area contributed by atoms with E-state index in [1.54, 1.807) is 36.4 Å². The number of hydrogen-bond acceptors (Lipinski definition) is 6. The molecule has 4 aromatic rings. The van der Waals surface area contributed by atoms with Crippen LogP contribution in [0.15, 0.2) is 65.3 Å². The first-order valence-corrected chi connectivity index (χ1v) is 11.5. The van der Waals surface area contributed by atoms with E-state index in [0.29, 0.717) is 16.4 Å². The van der Waals surface area contributed by atoms with Crippen molar-refractivity contribution in [1.29, 1.82) is 0 Å². The Morgan fingerprint density at radius 1 is 1.00 bits per heavy atom. The van der Waals surface area contributed by atoms with Crippen molar-refractivity contribution in [2.45, 2.75) is 24.1 Å². The number of amides is 2. The Kier molecular flexibility index (Phi) is 6.48. The average molecular weight is 467 g/mol. The maximum atomic E-state index is 13.3. The van der Waals surface area contributed by atoms with Gasteiger partial charge in [0.05, 0.1) is 10.6 Å². The molecule has 2 amide bonds. The maximum Gasteiger partial charge on any atom is 0.237 e. The molecule has 2 aromatic heterocycles. The number of thiophene rings is 1. The summed E-state index contributed by atoms with van der Waals surface area (Å²) < 4.78 is 13.3. The van der Waals surface area contributed by atoms with Crippen molar-refractivity contribution in [3.63, 3.8) is 0 Å². The molecule has 1 unspecified atom stereocenters. The summed E-state index contributed by atoms with van der Waals surface area (Å²) in [7, 11) is 0. The third kappa shape index (κ3) is 4.95. The van der Waals surface area contributed by atoms with Gasteiger partial charge in [0.2, 0.25) is 11.8 Å². The number of nitrogens with one attached hydrogen (secondary N) is 2. The van der Waals surface area contributed by atoms with Gasteiger partial charge >= 0.3 is 0 Å². The van der Waals surface area contributed by atoms with Crippen LogP contribution in [0.2, 0.25) is 0 Å². The Balaban J connectivity index is 1.52. The first-order chi connectivity index (χ1) is 15.4. The van der Waals surface area contributed by atoms with Crippen molar-refractivity contribution in [3.05, 3.63) is 66.1 Å². The first-order valence-electron chi connectivity index (χ1n) is 9.74. The van der Waals surface area contributed by atoms with Crippen LogP contribution in [-0.4, -0.2) is 27.0 Å². The molecule has 0 fully saturated rings. The van der Waals surface area contributed by atoms with Crippen LogP contribution >= 0.6 is 23.1 Å². The SMILES string of the molecule is CC(=O)Nc1ccc(NC(=O)C(C)Sc2ncnc3scc(-c4ccc(F)cc4)c23)cc1. The van der Waals surface area contributed by atoms with E-state index in [0.717, 1.165) is 21.3 Å². The van der Waals surface area contributed by atoms with Crippen molar-refractivity contribution in [2.24, 2.45) is 0 Å². The summed E-state index contributed by atoms with van der Waals surface area (Å²) >= 11 is 2.82. The molecule has 6 nitrogen and oxygen atoms in total. The van der Waals surface area contributed by atoms with Crippen molar-refractivity contribution in [3.8, 4) is 11.1 Å². The van der Waals surface area contributed by atoms with Gasteiger partial charge in [-0.15, -0.1) is 11.3 Å². The highest BCUT2D eigenvalue weighted by molar-refractivity contribution is 8.00. The minimum Gasteiger partial charge on any atom is -0.326 e. The highest BCUT2D eigenvalue weighted by atomic mass is 32.2. The molecule has 4 rings (SSSR count). The number of fused-ring (bicyclic) bond motifs is 1. The summed E-state index contributed by atoms with van der Waals surface area (Å²) in [5.41, 5.74) is 3.07. The molecule has 0 saturated heterocycles. The van der Waals surface area contributed by atoms with Crippen molar-refractivity contribution in [1.82, 2.24) is 9.97 Å². The molecule has 2 heterocycles. The summed E-state index contributed by atoms with van der Waals surface area (Å²) in [6.07, 6.45) is 1.49. The molecule has 162 valence electrons. The molecular formula is C23H19FN4O2S2. The van der Waals surface area contributed by atoms with Crippen LogP contribution in [0.25, 0.3) is 21.3 Å². The van der Waals surface area contributed by atoms with Gasteiger partial charge in [-0.2, -0.15) is 0 Å². The molecule has 0 saturated carbocycles. The molecule has 0 radical (unpaired) electrons. The van der Waals surface area contributed by atoms with Gasteiger partial charge in [-0.25, -0.2) is 14.4 Å². The molecule has 2 N–H and O–H groups in total. The Morgan fingerprint density at radius 2 is 1.66 bits per heavy atom. The Hall–Kier alpha value is -3.30. The minimum atomic E-state index is -0.427. The Labute approximate surface area is 192 Å². The van der Waals surface area contributed by atoms with Gasteiger partial charge in [0.15, 0.2) is 0 Å². The second kappa shape index (κ2) is 9.46. The molecule has 2 aromatic carbocycles. The van der Waals surface area contributed by atoms with E-state index >= 15 is 0 Å². The van der Waals surface area contributed by atoms with E-state index in [4.69, 9.17) is 0 Å². The fraction of sp³-hybridized carbons (Fsp3) is 0.130. The van der Waals surface area contributed by atoms with Crippen molar-refractivity contribution < 1.29 is 14.0 Å². The van der Waals surface area contributed by atoms with Gasteiger partial charge in [-0.05, 0) is 48.9 Å². The zero-order valence-corrected chi connectivity index (χ0v) is 18.9. The molecule has 9 heteroatoms. The van der Waals surface area contributed by atoms with Crippen LogP contribution < -0.4 is 10.6 Å². The van der Waals surface area contributed by atoms with Crippen LogP contribution in [0.3, 0.4) is 0 Å². The lowest BCUT2D eigenvalue weighted by Gasteiger charge is -2.13. The van der Waals surface area contributed by atoms with Gasteiger partial charge in [0.1, 0.15) is 22.0 Å². The zero-order valence-electron chi connectivity index (χ0n) is 17.3. The van der Waals surface area contributed by atoms with Crippen LogP contribution in [0.4, 0.5) is 15.8 Å². The second-order valence-corrected chi connectivity index (χ2v) is 9.21. The number of nitrogens with zero attached hydrogens (tertiary/aromatic N) is 2. The molecule has 0 aliphatic carbocycles. The molecule has 32 heavy (non-hydrogen) atoms. The number of rotatable bonds is 6. The third-order valence-electron chi connectivity index (χ3n) is 4.62. The lowest BCUT2D eigenvalue weighted by atomic mass is 10.1. The van der Waals surface area contributed by atoms with Crippen molar-refractivity contribution >= 4 is 56.5 Å². The maximum absolute atomic E-state index is 13.3. The highest BCUT2D eigenvalue weighted by Crippen LogP contribution is 2.39. The summed E-state index contributed by atoms with van der Waals surface area (Å²) in [6.45, 7) is 3.25. The predicted octanol–water partition coefficient (Wildman–Crippen LogP) is 5.58. The average Bonchev–Trinajstić information content (AvgIpc) is 3.20. The van der Waals surface area contributed by atoms with E-state index in [2.05, 4.69) is 20.6 Å². The standard InChI is InChI=1S/C23H19FN4O2S2/c1-13(21(30)28-18-9-7-17(8-10-18)27-14(2)29)32-23-20-19(11-31-22(20)25-12-26-23)15-3-5-16(24)6-4-15/h3-13H,1-2H3,(H,27,29)(H,28,30). The highest BCUT2D eigenvalue weighted by Gasteiger charge is 2.20. The number of thioether (sulfide) groups is 1. The van der Waals surface area contributed by atoms with Crippen LogP contribution in [0.1, 0.15) is 13.8 Å². The van der Waals surface area contributed by atoms with E-state index in [1.165, 1.54) is 48.5 Å². The van der Waals surface area contributed by atoms with Crippen LogP contribution in [-0.2, 0) is 9.59 Å². The van der Waals surface area contributed by atoms with Gasteiger partial charge in [-0.1, -0.05) is 23.9 Å². The molecule has 0 aliphatic heterocycles. The third-order valence-corrected chi connectivity index (χ3v) is 6.61.